The normalized spacial score (nSPS) is 12.0. The van der Waals surface area contributed by atoms with E-state index in [1.165, 1.54) is 31.3 Å². The molecule has 8 nitrogen and oxygen atoms in total. The van der Waals surface area contributed by atoms with Gasteiger partial charge in [0.15, 0.2) is 11.5 Å². The summed E-state index contributed by atoms with van der Waals surface area (Å²) < 4.78 is 39.7. The number of rotatable bonds is 5. The molecule has 0 aliphatic carbocycles. The third kappa shape index (κ3) is 3.39. The lowest BCUT2D eigenvalue weighted by molar-refractivity contribution is 0.347. The van der Waals surface area contributed by atoms with Crippen LogP contribution in [-0.4, -0.2) is 37.4 Å². The molecule has 0 unspecified atom stereocenters. The van der Waals surface area contributed by atoms with Crippen LogP contribution < -0.4 is 14.2 Å². The van der Waals surface area contributed by atoms with Crippen LogP contribution in [0.4, 0.5) is 5.95 Å². The SMILES string of the molecule is COc1cccc(S(=O)(=O)Nc2ncnn2C(C)(C)C)c1OC. The van der Waals surface area contributed by atoms with Gasteiger partial charge in [0.1, 0.15) is 11.2 Å². The fraction of sp³-hybridized carbons (Fsp3) is 0.429. The second kappa shape index (κ2) is 6.07. The lowest BCUT2D eigenvalue weighted by Crippen LogP contribution is -2.27. The van der Waals surface area contributed by atoms with Crippen LogP contribution in [0.5, 0.6) is 11.5 Å². The van der Waals surface area contributed by atoms with Gasteiger partial charge < -0.3 is 9.47 Å². The van der Waals surface area contributed by atoms with E-state index < -0.39 is 15.6 Å². The second-order valence-electron chi connectivity index (χ2n) is 5.76. The van der Waals surface area contributed by atoms with Crippen molar-refractivity contribution >= 4 is 16.0 Å². The minimum absolute atomic E-state index is 0.0391. The zero-order chi connectivity index (χ0) is 17.3. The van der Waals surface area contributed by atoms with Crippen molar-refractivity contribution in [2.24, 2.45) is 0 Å². The molecular formula is C14H20N4O4S. The fourth-order valence-electron chi connectivity index (χ4n) is 2.05. The first-order valence-electron chi connectivity index (χ1n) is 6.85. The van der Waals surface area contributed by atoms with E-state index in [4.69, 9.17) is 9.47 Å². The number of nitrogens with zero attached hydrogens (tertiary/aromatic N) is 3. The van der Waals surface area contributed by atoms with Crippen LogP contribution >= 0.6 is 0 Å². The zero-order valence-corrected chi connectivity index (χ0v) is 14.5. The molecule has 0 saturated heterocycles. The Labute approximate surface area is 135 Å². The smallest absolute Gasteiger partial charge is 0.268 e. The molecule has 0 spiro atoms. The number of benzene rings is 1. The minimum Gasteiger partial charge on any atom is -0.493 e. The van der Waals surface area contributed by atoms with E-state index in [1.54, 1.807) is 12.1 Å². The highest BCUT2D eigenvalue weighted by atomic mass is 32.2. The third-order valence-electron chi connectivity index (χ3n) is 3.07. The van der Waals surface area contributed by atoms with E-state index in [-0.39, 0.29) is 16.6 Å². The highest BCUT2D eigenvalue weighted by Crippen LogP contribution is 2.34. The third-order valence-corrected chi connectivity index (χ3v) is 4.42. The molecule has 0 fully saturated rings. The van der Waals surface area contributed by atoms with E-state index in [9.17, 15) is 8.42 Å². The lowest BCUT2D eigenvalue weighted by Gasteiger charge is -2.21. The minimum atomic E-state index is -3.92. The Hall–Kier alpha value is -2.29. The van der Waals surface area contributed by atoms with Crippen molar-refractivity contribution in [3.05, 3.63) is 24.5 Å². The predicted octanol–water partition coefficient (Wildman–Crippen LogP) is 1.85. The first-order chi connectivity index (χ1) is 10.7. The molecule has 0 radical (unpaired) electrons. The molecule has 1 aromatic heterocycles. The van der Waals surface area contributed by atoms with Crippen molar-refractivity contribution < 1.29 is 17.9 Å². The van der Waals surface area contributed by atoms with E-state index >= 15 is 0 Å². The van der Waals surface area contributed by atoms with Gasteiger partial charge >= 0.3 is 0 Å². The van der Waals surface area contributed by atoms with Crippen molar-refractivity contribution in [1.82, 2.24) is 14.8 Å². The molecule has 23 heavy (non-hydrogen) atoms. The van der Waals surface area contributed by atoms with E-state index in [0.717, 1.165) is 0 Å². The van der Waals surface area contributed by atoms with Gasteiger partial charge in [-0.1, -0.05) is 6.07 Å². The van der Waals surface area contributed by atoms with Gasteiger partial charge in [-0.3, -0.25) is 0 Å². The summed E-state index contributed by atoms with van der Waals surface area (Å²) in [5.74, 6) is 0.583. The molecule has 0 saturated carbocycles. The zero-order valence-electron chi connectivity index (χ0n) is 13.7. The molecule has 2 rings (SSSR count). The van der Waals surface area contributed by atoms with Gasteiger partial charge in [-0.25, -0.2) is 17.8 Å². The highest BCUT2D eigenvalue weighted by molar-refractivity contribution is 7.92. The van der Waals surface area contributed by atoms with Crippen LogP contribution in [0, 0.1) is 0 Å². The first-order valence-corrected chi connectivity index (χ1v) is 8.33. The summed E-state index contributed by atoms with van der Waals surface area (Å²) in [6.07, 6.45) is 1.30. The Morgan fingerprint density at radius 3 is 2.43 bits per heavy atom. The molecule has 126 valence electrons. The molecule has 1 heterocycles. The summed E-state index contributed by atoms with van der Waals surface area (Å²) in [6, 6.07) is 4.63. The molecule has 1 N–H and O–H groups in total. The number of hydrogen-bond donors (Lipinski definition) is 1. The maximum absolute atomic E-state index is 12.7. The van der Waals surface area contributed by atoms with Crippen LogP contribution in [-0.2, 0) is 15.6 Å². The van der Waals surface area contributed by atoms with Gasteiger partial charge in [0.25, 0.3) is 10.0 Å². The molecule has 9 heteroatoms. The van der Waals surface area contributed by atoms with Gasteiger partial charge in [-0.2, -0.15) is 10.1 Å². The molecule has 0 aliphatic rings. The lowest BCUT2D eigenvalue weighted by atomic mass is 10.1. The van der Waals surface area contributed by atoms with Crippen LogP contribution in [0.25, 0.3) is 0 Å². The molecule has 1 aromatic carbocycles. The van der Waals surface area contributed by atoms with Crippen molar-refractivity contribution in [2.45, 2.75) is 31.2 Å². The number of para-hydroxylation sites is 1. The predicted molar refractivity (Wildman–Crippen MR) is 85.4 cm³/mol. The van der Waals surface area contributed by atoms with Gasteiger partial charge in [-0.05, 0) is 32.9 Å². The quantitative estimate of drug-likeness (QED) is 0.892. The van der Waals surface area contributed by atoms with Crippen molar-refractivity contribution in [3.63, 3.8) is 0 Å². The van der Waals surface area contributed by atoms with Crippen LogP contribution in [0.3, 0.4) is 0 Å². The Balaban J connectivity index is 2.47. The number of nitrogens with one attached hydrogen (secondary N) is 1. The average molecular weight is 340 g/mol. The Morgan fingerprint density at radius 1 is 1.17 bits per heavy atom. The Bertz CT molecular complexity index is 793. The van der Waals surface area contributed by atoms with E-state index in [0.29, 0.717) is 5.75 Å². The van der Waals surface area contributed by atoms with Gasteiger partial charge in [0.05, 0.1) is 19.8 Å². The van der Waals surface area contributed by atoms with Crippen molar-refractivity contribution in [1.29, 1.82) is 0 Å². The Kier molecular flexibility index (Phi) is 4.51. The van der Waals surface area contributed by atoms with Crippen LogP contribution in [0.2, 0.25) is 0 Å². The van der Waals surface area contributed by atoms with Gasteiger partial charge in [0, 0.05) is 0 Å². The van der Waals surface area contributed by atoms with Crippen molar-refractivity contribution in [2.75, 3.05) is 18.9 Å². The number of sulfonamides is 1. The summed E-state index contributed by atoms with van der Waals surface area (Å²) in [5.41, 5.74) is -0.424. The van der Waals surface area contributed by atoms with E-state index in [1.807, 2.05) is 20.8 Å². The molecule has 0 atom stereocenters. The highest BCUT2D eigenvalue weighted by Gasteiger charge is 2.26. The topological polar surface area (TPSA) is 95.3 Å². The number of anilines is 1. The Morgan fingerprint density at radius 2 is 1.87 bits per heavy atom. The fourth-order valence-corrected chi connectivity index (χ4v) is 3.22. The van der Waals surface area contributed by atoms with E-state index in [2.05, 4.69) is 14.8 Å². The summed E-state index contributed by atoms with van der Waals surface area (Å²) in [6.45, 7) is 5.68. The number of methoxy groups -OCH3 is 2. The summed E-state index contributed by atoms with van der Waals surface area (Å²) in [7, 11) is -1.09. The number of hydrogen-bond acceptors (Lipinski definition) is 6. The summed E-state index contributed by atoms with van der Waals surface area (Å²) in [4.78, 5) is 3.94. The van der Waals surface area contributed by atoms with Crippen molar-refractivity contribution in [3.8, 4) is 11.5 Å². The number of ether oxygens (including phenoxy) is 2. The molecule has 0 amide bonds. The average Bonchev–Trinajstić information content (AvgIpc) is 2.93. The summed E-state index contributed by atoms with van der Waals surface area (Å²) >= 11 is 0. The van der Waals surface area contributed by atoms with Gasteiger partial charge in [-0.15, -0.1) is 0 Å². The second-order valence-corrected chi connectivity index (χ2v) is 7.41. The van der Waals surface area contributed by atoms with Crippen LogP contribution in [0.15, 0.2) is 29.4 Å². The monoisotopic (exact) mass is 340 g/mol. The standard InChI is InChI=1S/C14H20N4O4S/c1-14(2,3)18-13(15-9-16-18)17-23(19,20)11-8-6-7-10(21-4)12(11)22-5/h6-9H,1-5H3,(H,15,16,17). The molecule has 2 aromatic rings. The number of aromatic nitrogens is 3. The van der Waals surface area contributed by atoms with Gasteiger partial charge in [0.2, 0.25) is 5.95 Å². The largest absolute Gasteiger partial charge is 0.493 e. The van der Waals surface area contributed by atoms with Crippen LogP contribution in [0.1, 0.15) is 20.8 Å². The molecule has 0 aliphatic heterocycles. The first kappa shape index (κ1) is 17.1. The molecular weight excluding hydrogens is 320 g/mol. The maximum Gasteiger partial charge on any atom is 0.268 e. The summed E-state index contributed by atoms with van der Waals surface area (Å²) in [5, 5.41) is 4.06. The molecule has 0 bridgehead atoms. The maximum atomic E-state index is 12.7.